The molecule has 0 aliphatic rings. The number of amides is 1. The van der Waals surface area contributed by atoms with Gasteiger partial charge in [0.15, 0.2) is 0 Å². The van der Waals surface area contributed by atoms with Gasteiger partial charge in [-0.25, -0.2) is 4.98 Å². The van der Waals surface area contributed by atoms with Crippen LogP contribution < -0.4 is 5.32 Å². The van der Waals surface area contributed by atoms with Gasteiger partial charge in [-0.3, -0.25) is 4.79 Å². The van der Waals surface area contributed by atoms with Gasteiger partial charge in [0.25, 0.3) is 5.91 Å². The summed E-state index contributed by atoms with van der Waals surface area (Å²) >= 11 is 0. The standard InChI is InChI=1S/C13H21N3O/c1-13(2,3)9-16(5)12(17)10-6-7-11(14-4)15-8-10/h6-8H,9H2,1-5H3,(H,14,15). The zero-order valence-electron chi connectivity index (χ0n) is 11.2. The SMILES string of the molecule is CNc1ccc(C(=O)N(C)CC(C)(C)C)cn1. The van der Waals surface area contributed by atoms with E-state index in [-0.39, 0.29) is 11.3 Å². The highest BCUT2D eigenvalue weighted by Gasteiger charge is 2.18. The Labute approximate surface area is 103 Å². The number of carbonyl (C=O) groups excluding carboxylic acids is 1. The van der Waals surface area contributed by atoms with Gasteiger partial charge in [-0.2, -0.15) is 0 Å². The first-order valence-corrected chi connectivity index (χ1v) is 5.73. The smallest absolute Gasteiger partial charge is 0.255 e. The molecule has 0 aliphatic heterocycles. The van der Waals surface area contributed by atoms with Gasteiger partial charge in [-0.15, -0.1) is 0 Å². The monoisotopic (exact) mass is 235 g/mol. The van der Waals surface area contributed by atoms with Crippen LogP contribution in [0.3, 0.4) is 0 Å². The van der Waals surface area contributed by atoms with E-state index < -0.39 is 0 Å². The zero-order chi connectivity index (χ0) is 13.1. The molecule has 1 aromatic heterocycles. The minimum absolute atomic E-state index is 0.00933. The van der Waals surface area contributed by atoms with Crippen molar-refractivity contribution in [1.29, 1.82) is 0 Å². The number of hydrogen-bond donors (Lipinski definition) is 1. The second-order valence-corrected chi connectivity index (χ2v) is 5.40. The van der Waals surface area contributed by atoms with Crippen molar-refractivity contribution in [1.82, 2.24) is 9.88 Å². The summed E-state index contributed by atoms with van der Waals surface area (Å²) in [6.45, 7) is 7.05. The molecule has 94 valence electrons. The Hall–Kier alpha value is -1.58. The fourth-order valence-electron chi connectivity index (χ4n) is 1.67. The maximum Gasteiger partial charge on any atom is 0.255 e. The predicted molar refractivity (Wildman–Crippen MR) is 70.2 cm³/mol. The molecule has 1 aromatic rings. The lowest BCUT2D eigenvalue weighted by Crippen LogP contribution is -2.34. The van der Waals surface area contributed by atoms with Crippen molar-refractivity contribution in [2.45, 2.75) is 20.8 Å². The van der Waals surface area contributed by atoms with Crippen molar-refractivity contribution >= 4 is 11.7 Å². The molecule has 0 bridgehead atoms. The van der Waals surface area contributed by atoms with Crippen LogP contribution in [0.1, 0.15) is 31.1 Å². The van der Waals surface area contributed by atoms with Gasteiger partial charge in [-0.1, -0.05) is 20.8 Å². The second-order valence-electron chi connectivity index (χ2n) is 5.40. The van der Waals surface area contributed by atoms with Crippen molar-refractivity contribution < 1.29 is 4.79 Å². The third kappa shape index (κ3) is 4.06. The van der Waals surface area contributed by atoms with Crippen LogP contribution in [0.2, 0.25) is 0 Å². The first-order valence-electron chi connectivity index (χ1n) is 5.73. The third-order valence-electron chi connectivity index (χ3n) is 2.32. The van der Waals surface area contributed by atoms with Gasteiger partial charge < -0.3 is 10.2 Å². The Kier molecular flexibility index (Phi) is 4.10. The van der Waals surface area contributed by atoms with Gasteiger partial charge in [0.05, 0.1) is 5.56 Å². The summed E-state index contributed by atoms with van der Waals surface area (Å²) in [6, 6.07) is 3.60. The van der Waals surface area contributed by atoms with E-state index in [1.807, 2.05) is 7.05 Å². The van der Waals surface area contributed by atoms with E-state index >= 15 is 0 Å². The first kappa shape index (κ1) is 13.5. The molecule has 0 fully saturated rings. The highest BCUT2D eigenvalue weighted by Crippen LogP contribution is 2.16. The molecule has 4 heteroatoms. The van der Waals surface area contributed by atoms with E-state index in [1.165, 1.54) is 0 Å². The van der Waals surface area contributed by atoms with Crippen LogP contribution in [-0.2, 0) is 0 Å². The lowest BCUT2D eigenvalue weighted by Gasteiger charge is -2.26. The van der Waals surface area contributed by atoms with Gasteiger partial charge in [0, 0.05) is 26.8 Å². The molecular formula is C13H21N3O. The number of anilines is 1. The topological polar surface area (TPSA) is 45.2 Å². The van der Waals surface area contributed by atoms with Gasteiger partial charge >= 0.3 is 0 Å². The molecule has 1 heterocycles. The number of nitrogens with zero attached hydrogens (tertiary/aromatic N) is 2. The van der Waals surface area contributed by atoms with E-state index in [0.29, 0.717) is 5.56 Å². The molecule has 0 atom stereocenters. The van der Waals surface area contributed by atoms with Crippen LogP contribution in [0.15, 0.2) is 18.3 Å². The Morgan fingerprint density at radius 1 is 1.41 bits per heavy atom. The number of carbonyl (C=O) groups is 1. The van der Waals surface area contributed by atoms with Crippen molar-refractivity contribution in [2.24, 2.45) is 5.41 Å². The maximum absolute atomic E-state index is 12.1. The Balaban J connectivity index is 2.75. The maximum atomic E-state index is 12.1. The van der Waals surface area contributed by atoms with Crippen molar-refractivity contribution in [3.8, 4) is 0 Å². The predicted octanol–water partition coefficient (Wildman–Crippen LogP) is 2.24. The van der Waals surface area contributed by atoms with Crippen LogP contribution in [-0.4, -0.2) is 36.4 Å². The number of rotatable bonds is 3. The summed E-state index contributed by atoms with van der Waals surface area (Å²) in [5.41, 5.74) is 0.721. The number of hydrogen-bond acceptors (Lipinski definition) is 3. The Morgan fingerprint density at radius 3 is 2.47 bits per heavy atom. The van der Waals surface area contributed by atoms with E-state index in [9.17, 15) is 4.79 Å². The minimum atomic E-state index is 0.00933. The molecule has 1 rings (SSSR count). The first-order chi connectivity index (χ1) is 7.83. The molecule has 4 nitrogen and oxygen atoms in total. The van der Waals surface area contributed by atoms with E-state index in [2.05, 4.69) is 31.1 Å². The van der Waals surface area contributed by atoms with Gasteiger partial charge in [-0.05, 0) is 17.5 Å². The average molecular weight is 235 g/mol. The second kappa shape index (κ2) is 5.17. The summed E-state index contributed by atoms with van der Waals surface area (Å²) in [5, 5.41) is 2.92. The molecule has 1 amide bonds. The molecule has 0 aromatic carbocycles. The zero-order valence-corrected chi connectivity index (χ0v) is 11.2. The summed E-state index contributed by atoms with van der Waals surface area (Å²) in [6.07, 6.45) is 1.60. The summed E-state index contributed by atoms with van der Waals surface area (Å²) in [7, 11) is 3.62. The van der Waals surface area contributed by atoms with Crippen molar-refractivity contribution in [2.75, 3.05) is 26.0 Å². The van der Waals surface area contributed by atoms with Crippen LogP contribution in [0, 0.1) is 5.41 Å². The third-order valence-corrected chi connectivity index (χ3v) is 2.32. The minimum Gasteiger partial charge on any atom is -0.373 e. The highest BCUT2D eigenvalue weighted by atomic mass is 16.2. The van der Waals surface area contributed by atoms with E-state index in [4.69, 9.17) is 0 Å². The van der Waals surface area contributed by atoms with Crippen LogP contribution >= 0.6 is 0 Å². The van der Waals surface area contributed by atoms with Gasteiger partial charge in [0.2, 0.25) is 0 Å². The Bertz CT molecular complexity index is 379. The van der Waals surface area contributed by atoms with Crippen LogP contribution in [0.4, 0.5) is 5.82 Å². The molecule has 0 aliphatic carbocycles. The number of nitrogens with one attached hydrogen (secondary N) is 1. The molecule has 0 spiro atoms. The van der Waals surface area contributed by atoms with E-state index in [0.717, 1.165) is 12.4 Å². The molecular weight excluding hydrogens is 214 g/mol. The quantitative estimate of drug-likeness (QED) is 0.874. The molecule has 0 radical (unpaired) electrons. The fraction of sp³-hybridized carbons (Fsp3) is 0.538. The lowest BCUT2D eigenvalue weighted by molar-refractivity contribution is 0.0745. The van der Waals surface area contributed by atoms with Crippen LogP contribution in [0.25, 0.3) is 0 Å². The van der Waals surface area contributed by atoms with Crippen LogP contribution in [0.5, 0.6) is 0 Å². The summed E-state index contributed by atoms with van der Waals surface area (Å²) in [5.74, 6) is 0.773. The van der Waals surface area contributed by atoms with Crippen molar-refractivity contribution in [3.05, 3.63) is 23.9 Å². The number of pyridine rings is 1. The molecule has 1 N–H and O–H groups in total. The molecule has 0 saturated carbocycles. The van der Waals surface area contributed by atoms with Gasteiger partial charge in [0.1, 0.15) is 5.82 Å². The van der Waals surface area contributed by atoms with Crippen molar-refractivity contribution in [3.63, 3.8) is 0 Å². The molecule has 0 saturated heterocycles. The largest absolute Gasteiger partial charge is 0.373 e. The summed E-state index contributed by atoms with van der Waals surface area (Å²) in [4.78, 5) is 18.0. The molecule has 17 heavy (non-hydrogen) atoms. The fourth-order valence-corrected chi connectivity index (χ4v) is 1.67. The normalized spacial score (nSPS) is 11.1. The lowest BCUT2D eigenvalue weighted by atomic mass is 9.96. The number of aromatic nitrogens is 1. The average Bonchev–Trinajstić information content (AvgIpc) is 2.26. The Morgan fingerprint density at radius 2 is 2.06 bits per heavy atom. The van der Waals surface area contributed by atoms with E-state index in [1.54, 1.807) is 30.3 Å². The summed E-state index contributed by atoms with van der Waals surface area (Å²) < 4.78 is 0. The highest BCUT2D eigenvalue weighted by molar-refractivity contribution is 5.93. The molecule has 0 unspecified atom stereocenters.